The fourth-order valence-corrected chi connectivity index (χ4v) is 3.82. The van der Waals surface area contributed by atoms with Crippen LogP contribution in [0.4, 0.5) is 4.79 Å². The largest absolute Gasteiger partial charge is 0.472 e. The number of halogens is 1. The van der Waals surface area contributed by atoms with Crippen LogP contribution in [0.5, 0.6) is 5.88 Å². The van der Waals surface area contributed by atoms with Crippen molar-refractivity contribution in [3.63, 3.8) is 0 Å². The van der Waals surface area contributed by atoms with E-state index < -0.39 is 6.09 Å². The van der Waals surface area contributed by atoms with Gasteiger partial charge in [0.1, 0.15) is 17.8 Å². The van der Waals surface area contributed by atoms with Crippen molar-refractivity contribution in [1.29, 1.82) is 0 Å². The molecular weight excluding hydrogens is 416 g/mol. The third-order valence-corrected chi connectivity index (χ3v) is 5.10. The summed E-state index contributed by atoms with van der Waals surface area (Å²) in [5, 5.41) is 11.2. The molecule has 9 heteroatoms. The highest BCUT2D eigenvalue weighted by Gasteiger charge is 2.26. The SMILES string of the molecule is O=C(O)NN1CCCC(Oc2ncnc3oc(-c4ccccc4)c(Br)c23)C1. The number of hydrogen-bond acceptors (Lipinski definition) is 6. The first-order valence-corrected chi connectivity index (χ1v) is 9.30. The summed E-state index contributed by atoms with van der Waals surface area (Å²) in [6, 6.07) is 9.71. The van der Waals surface area contributed by atoms with Crippen molar-refractivity contribution in [2.75, 3.05) is 13.1 Å². The van der Waals surface area contributed by atoms with Crippen LogP contribution >= 0.6 is 15.9 Å². The van der Waals surface area contributed by atoms with Gasteiger partial charge < -0.3 is 14.3 Å². The van der Waals surface area contributed by atoms with Gasteiger partial charge in [0, 0.05) is 12.1 Å². The third-order valence-electron chi connectivity index (χ3n) is 4.34. The Morgan fingerprint density at radius 1 is 1.33 bits per heavy atom. The second-order valence-corrected chi connectivity index (χ2v) is 7.01. The van der Waals surface area contributed by atoms with Crippen LogP contribution in [0.25, 0.3) is 22.4 Å². The molecule has 27 heavy (non-hydrogen) atoms. The molecule has 1 saturated heterocycles. The minimum absolute atomic E-state index is 0.189. The molecule has 3 aromatic rings. The molecule has 1 aliphatic heterocycles. The lowest BCUT2D eigenvalue weighted by Crippen LogP contribution is -2.50. The Hall–Kier alpha value is -2.65. The number of furan rings is 1. The van der Waals surface area contributed by atoms with Crippen molar-refractivity contribution in [3.05, 3.63) is 41.1 Å². The molecule has 1 aromatic carbocycles. The van der Waals surface area contributed by atoms with Gasteiger partial charge in [-0.25, -0.2) is 19.8 Å². The van der Waals surface area contributed by atoms with E-state index in [1.54, 1.807) is 5.01 Å². The first-order valence-electron chi connectivity index (χ1n) is 8.51. The van der Waals surface area contributed by atoms with Gasteiger partial charge in [0.05, 0.1) is 11.0 Å². The molecule has 2 aromatic heterocycles. The lowest BCUT2D eigenvalue weighted by Gasteiger charge is -2.31. The predicted octanol–water partition coefficient (Wildman–Crippen LogP) is 3.68. The van der Waals surface area contributed by atoms with Gasteiger partial charge >= 0.3 is 6.09 Å². The molecule has 0 radical (unpaired) electrons. The number of carboxylic acid groups (broad SMARTS) is 1. The van der Waals surface area contributed by atoms with Gasteiger partial charge in [-0.2, -0.15) is 0 Å². The Labute approximate surface area is 163 Å². The van der Waals surface area contributed by atoms with Gasteiger partial charge in [0.2, 0.25) is 11.6 Å². The summed E-state index contributed by atoms with van der Waals surface area (Å²) in [5.41, 5.74) is 3.73. The molecule has 1 fully saturated rings. The molecule has 1 aliphatic rings. The fourth-order valence-electron chi connectivity index (χ4n) is 3.17. The Balaban J connectivity index is 1.63. The number of fused-ring (bicyclic) bond motifs is 1. The van der Waals surface area contributed by atoms with Crippen molar-refractivity contribution >= 4 is 33.1 Å². The van der Waals surface area contributed by atoms with Gasteiger partial charge in [-0.3, -0.25) is 5.43 Å². The van der Waals surface area contributed by atoms with Crippen LogP contribution in [0.2, 0.25) is 0 Å². The molecule has 0 saturated carbocycles. The van der Waals surface area contributed by atoms with Crippen LogP contribution in [-0.4, -0.2) is 45.4 Å². The van der Waals surface area contributed by atoms with Crippen molar-refractivity contribution in [2.45, 2.75) is 18.9 Å². The first kappa shape index (κ1) is 17.7. The molecule has 0 aliphatic carbocycles. The summed E-state index contributed by atoms with van der Waals surface area (Å²) in [4.78, 5) is 19.3. The number of hydrogen-bond donors (Lipinski definition) is 2. The molecule has 1 atom stereocenters. The van der Waals surface area contributed by atoms with Crippen molar-refractivity contribution < 1.29 is 19.1 Å². The molecule has 140 valence electrons. The number of amides is 1. The number of ether oxygens (including phenoxy) is 1. The van der Waals surface area contributed by atoms with Crippen LogP contribution in [0, 0.1) is 0 Å². The molecule has 4 rings (SSSR count). The van der Waals surface area contributed by atoms with Gasteiger partial charge in [0.25, 0.3) is 0 Å². The lowest BCUT2D eigenvalue weighted by atomic mass is 10.1. The number of nitrogens with one attached hydrogen (secondary N) is 1. The first-order chi connectivity index (χ1) is 13.1. The second-order valence-electron chi connectivity index (χ2n) is 6.22. The summed E-state index contributed by atoms with van der Waals surface area (Å²) in [6.45, 7) is 1.09. The van der Waals surface area contributed by atoms with E-state index in [2.05, 4.69) is 31.3 Å². The zero-order valence-corrected chi connectivity index (χ0v) is 15.8. The van der Waals surface area contributed by atoms with Crippen molar-refractivity contribution in [2.24, 2.45) is 0 Å². The molecule has 0 spiro atoms. The van der Waals surface area contributed by atoms with Crippen LogP contribution in [0.15, 0.2) is 45.5 Å². The summed E-state index contributed by atoms with van der Waals surface area (Å²) in [5.74, 6) is 1.08. The quantitative estimate of drug-likeness (QED) is 0.648. The molecule has 0 bridgehead atoms. The molecule has 1 amide bonds. The van der Waals surface area contributed by atoms with E-state index in [4.69, 9.17) is 14.3 Å². The topological polar surface area (TPSA) is 101 Å². The predicted molar refractivity (Wildman–Crippen MR) is 101 cm³/mol. The maximum atomic E-state index is 10.9. The highest BCUT2D eigenvalue weighted by atomic mass is 79.9. The number of benzene rings is 1. The summed E-state index contributed by atoms with van der Waals surface area (Å²) in [7, 11) is 0. The van der Waals surface area contributed by atoms with E-state index >= 15 is 0 Å². The van der Waals surface area contributed by atoms with E-state index in [9.17, 15) is 4.79 Å². The highest BCUT2D eigenvalue weighted by molar-refractivity contribution is 9.10. The van der Waals surface area contributed by atoms with Gasteiger partial charge in [-0.05, 0) is 28.8 Å². The number of hydrazine groups is 1. The molecule has 1 unspecified atom stereocenters. The van der Waals surface area contributed by atoms with Crippen molar-refractivity contribution in [3.8, 4) is 17.2 Å². The number of piperidine rings is 1. The lowest BCUT2D eigenvalue weighted by molar-refractivity contribution is 0.0541. The van der Waals surface area contributed by atoms with Crippen LogP contribution in [-0.2, 0) is 0 Å². The van der Waals surface area contributed by atoms with E-state index in [-0.39, 0.29) is 6.10 Å². The number of nitrogens with zero attached hydrogens (tertiary/aromatic N) is 3. The van der Waals surface area contributed by atoms with Gasteiger partial charge in [0.15, 0.2) is 5.76 Å². The summed E-state index contributed by atoms with van der Waals surface area (Å²) < 4.78 is 12.7. The maximum Gasteiger partial charge on any atom is 0.419 e. The standard InChI is InChI=1S/C18H17BrN4O4/c19-14-13-16(26-12-7-4-8-23(9-12)22-18(24)25)20-10-21-17(13)27-15(14)11-5-2-1-3-6-11/h1-3,5-6,10,12,22H,4,7-9H2,(H,24,25). The van der Waals surface area contributed by atoms with Gasteiger partial charge in [-0.1, -0.05) is 30.3 Å². The summed E-state index contributed by atoms with van der Waals surface area (Å²) in [6.07, 6.45) is 1.76. The number of carbonyl (C=O) groups is 1. The van der Waals surface area contributed by atoms with Crippen LogP contribution in [0.3, 0.4) is 0 Å². The maximum absolute atomic E-state index is 10.9. The number of aromatic nitrogens is 2. The Kier molecular flexibility index (Phi) is 4.95. The van der Waals surface area contributed by atoms with E-state index in [1.807, 2.05) is 30.3 Å². The van der Waals surface area contributed by atoms with E-state index in [0.717, 1.165) is 22.9 Å². The minimum Gasteiger partial charge on any atom is -0.472 e. The van der Waals surface area contributed by atoms with E-state index in [1.165, 1.54) is 6.33 Å². The molecule has 8 nitrogen and oxygen atoms in total. The third kappa shape index (κ3) is 3.74. The Morgan fingerprint density at radius 2 is 2.15 bits per heavy atom. The monoisotopic (exact) mass is 432 g/mol. The average Bonchev–Trinajstić information content (AvgIpc) is 3.00. The zero-order chi connectivity index (χ0) is 18.8. The highest BCUT2D eigenvalue weighted by Crippen LogP contribution is 2.40. The molecule has 2 N–H and O–H groups in total. The normalized spacial score (nSPS) is 17.7. The number of rotatable bonds is 4. The smallest absolute Gasteiger partial charge is 0.419 e. The fraction of sp³-hybridized carbons (Fsp3) is 0.278. The van der Waals surface area contributed by atoms with Gasteiger partial charge in [-0.15, -0.1) is 0 Å². The Bertz CT molecular complexity index is 963. The zero-order valence-electron chi connectivity index (χ0n) is 14.3. The van der Waals surface area contributed by atoms with Crippen LogP contribution < -0.4 is 10.2 Å². The Morgan fingerprint density at radius 3 is 2.93 bits per heavy atom. The minimum atomic E-state index is -1.08. The second kappa shape index (κ2) is 7.53. The molecule has 3 heterocycles. The summed E-state index contributed by atoms with van der Waals surface area (Å²) >= 11 is 3.59. The van der Waals surface area contributed by atoms with Crippen LogP contribution in [0.1, 0.15) is 12.8 Å². The molecular formula is C18H17BrN4O4. The van der Waals surface area contributed by atoms with E-state index in [0.29, 0.717) is 35.8 Å². The van der Waals surface area contributed by atoms with Crippen molar-refractivity contribution in [1.82, 2.24) is 20.4 Å². The average molecular weight is 433 g/mol.